The van der Waals surface area contributed by atoms with Crippen molar-refractivity contribution in [1.29, 1.82) is 0 Å². The zero-order valence-electron chi connectivity index (χ0n) is 9.27. The van der Waals surface area contributed by atoms with E-state index < -0.39 is 0 Å². The van der Waals surface area contributed by atoms with Crippen LogP contribution in [0.25, 0.3) is 0 Å². The summed E-state index contributed by atoms with van der Waals surface area (Å²) >= 11 is 3.31. The molecule has 0 bridgehead atoms. The summed E-state index contributed by atoms with van der Waals surface area (Å²) in [6.45, 7) is 4.49. The van der Waals surface area contributed by atoms with Crippen molar-refractivity contribution in [2.24, 2.45) is 5.73 Å². The number of hydrogen-bond donors (Lipinski definition) is 1. The molecule has 1 unspecified atom stereocenters. The second-order valence-corrected chi connectivity index (χ2v) is 5.85. The quantitative estimate of drug-likeness (QED) is 0.852. The van der Waals surface area contributed by atoms with Crippen molar-refractivity contribution < 1.29 is 4.42 Å². The molecule has 2 N–H and O–H groups in total. The molecule has 3 nitrogen and oxygen atoms in total. The topological polar surface area (TPSA) is 52.0 Å². The van der Waals surface area contributed by atoms with Gasteiger partial charge in [0.2, 0.25) is 0 Å². The van der Waals surface area contributed by atoms with E-state index in [0.29, 0.717) is 6.54 Å². The average Bonchev–Trinajstić information content (AvgIpc) is 2.84. The largest absolute Gasteiger partial charge is 0.465 e. The standard InChI is InChI=1S/C11H14N2OS2/c1-7-6-15-11(13-7)16-10(5-12)9-4-3-8(2)14-9/h3-4,6,10H,5,12H2,1-2H3. The minimum absolute atomic E-state index is 0.152. The van der Waals surface area contributed by atoms with Crippen molar-refractivity contribution in [3.63, 3.8) is 0 Å². The lowest BCUT2D eigenvalue weighted by Crippen LogP contribution is -2.08. The van der Waals surface area contributed by atoms with E-state index in [-0.39, 0.29) is 5.25 Å². The van der Waals surface area contributed by atoms with Crippen LogP contribution in [0.3, 0.4) is 0 Å². The van der Waals surface area contributed by atoms with E-state index in [4.69, 9.17) is 10.2 Å². The molecule has 0 aliphatic rings. The van der Waals surface area contributed by atoms with E-state index in [9.17, 15) is 0 Å². The molecule has 0 aromatic carbocycles. The Labute approximate surface area is 103 Å². The lowest BCUT2D eigenvalue weighted by atomic mass is 10.3. The summed E-state index contributed by atoms with van der Waals surface area (Å²) in [5.41, 5.74) is 6.82. The molecule has 0 saturated carbocycles. The molecule has 0 radical (unpaired) electrons. The number of nitrogens with zero attached hydrogens (tertiary/aromatic N) is 1. The molecule has 2 aromatic heterocycles. The Hall–Kier alpha value is -0.780. The summed E-state index contributed by atoms with van der Waals surface area (Å²) in [4.78, 5) is 4.42. The van der Waals surface area contributed by atoms with E-state index in [0.717, 1.165) is 21.6 Å². The van der Waals surface area contributed by atoms with E-state index >= 15 is 0 Å². The Morgan fingerprint density at radius 3 is 2.81 bits per heavy atom. The Kier molecular flexibility index (Phi) is 3.68. The first-order valence-electron chi connectivity index (χ1n) is 5.04. The number of aryl methyl sites for hydroxylation is 2. The fraction of sp³-hybridized carbons (Fsp3) is 0.364. The molecule has 0 spiro atoms. The van der Waals surface area contributed by atoms with Crippen LogP contribution in [-0.4, -0.2) is 11.5 Å². The maximum absolute atomic E-state index is 5.76. The lowest BCUT2D eigenvalue weighted by Gasteiger charge is -2.09. The number of hydrogen-bond acceptors (Lipinski definition) is 5. The van der Waals surface area contributed by atoms with Crippen LogP contribution in [0.1, 0.15) is 22.5 Å². The van der Waals surface area contributed by atoms with E-state index in [1.54, 1.807) is 23.1 Å². The number of nitrogens with two attached hydrogens (primary N) is 1. The first-order valence-corrected chi connectivity index (χ1v) is 6.80. The number of thiazole rings is 1. The van der Waals surface area contributed by atoms with Crippen molar-refractivity contribution in [1.82, 2.24) is 4.98 Å². The molecule has 86 valence electrons. The summed E-state index contributed by atoms with van der Waals surface area (Å²) < 4.78 is 6.64. The maximum atomic E-state index is 5.76. The number of aromatic nitrogens is 1. The molecule has 0 saturated heterocycles. The van der Waals surface area contributed by atoms with Crippen molar-refractivity contribution in [3.8, 4) is 0 Å². The van der Waals surface area contributed by atoms with Gasteiger partial charge in [-0.2, -0.15) is 0 Å². The second kappa shape index (κ2) is 5.03. The van der Waals surface area contributed by atoms with E-state index in [1.165, 1.54) is 0 Å². The Bertz CT molecular complexity index is 464. The molecule has 0 amide bonds. The third kappa shape index (κ3) is 2.66. The van der Waals surface area contributed by atoms with Gasteiger partial charge >= 0.3 is 0 Å². The van der Waals surface area contributed by atoms with Crippen molar-refractivity contribution in [2.45, 2.75) is 23.4 Å². The minimum atomic E-state index is 0.152. The van der Waals surface area contributed by atoms with Gasteiger partial charge in [0.1, 0.15) is 11.5 Å². The Balaban J connectivity index is 2.12. The maximum Gasteiger partial charge on any atom is 0.150 e. The van der Waals surface area contributed by atoms with Crippen molar-refractivity contribution >= 4 is 23.1 Å². The van der Waals surface area contributed by atoms with Crippen molar-refractivity contribution in [3.05, 3.63) is 34.7 Å². The molecule has 0 aliphatic carbocycles. The number of furan rings is 1. The molecule has 1 atom stereocenters. The van der Waals surface area contributed by atoms with Gasteiger partial charge in [-0.3, -0.25) is 0 Å². The van der Waals surface area contributed by atoms with Gasteiger partial charge in [0.25, 0.3) is 0 Å². The molecular formula is C11H14N2OS2. The zero-order valence-corrected chi connectivity index (χ0v) is 10.9. The molecule has 16 heavy (non-hydrogen) atoms. The predicted molar refractivity (Wildman–Crippen MR) is 67.9 cm³/mol. The molecule has 0 aliphatic heterocycles. The average molecular weight is 254 g/mol. The smallest absolute Gasteiger partial charge is 0.150 e. The summed E-state index contributed by atoms with van der Waals surface area (Å²) in [6, 6.07) is 3.95. The zero-order chi connectivity index (χ0) is 11.5. The van der Waals surface area contributed by atoms with Crippen LogP contribution in [0.2, 0.25) is 0 Å². The van der Waals surface area contributed by atoms with Crippen LogP contribution in [0.4, 0.5) is 0 Å². The summed E-state index contributed by atoms with van der Waals surface area (Å²) in [7, 11) is 0. The molecule has 2 heterocycles. The third-order valence-electron chi connectivity index (χ3n) is 2.13. The van der Waals surface area contributed by atoms with Crippen LogP contribution in [0.15, 0.2) is 26.3 Å². The molecule has 2 rings (SSSR count). The van der Waals surface area contributed by atoms with Crippen LogP contribution in [-0.2, 0) is 0 Å². The normalized spacial score (nSPS) is 12.9. The highest BCUT2D eigenvalue weighted by Gasteiger charge is 2.16. The first-order chi connectivity index (χ1) is 7.69. The molecule has 0 fully saturated rings. The van der Waals surface area contributed by atoms with E-state index in [2.05, 4.69) is 4.98 Å². The monoisotopic (exact) mass is 254 g/mol. The third-order valence-corrected chi connectivity index (χ3v) is 4.47. The minimum Gasteiger partial charge on any atom is -0.465 e. The van der Waals surface area contributed by atoms with Gasteiger partial charge in [0, 0.05) is 17.6 Å². The van der Waals surface area contributed by atoms with Gasteiger partial charge in [-0.25, -0.2) is 4.98 Å². The van der Waals surface area contributed by atoms with Gasteiger partial charge in [-0.15, -0.1) is 11.3 Å². The second-order valence-electron chi connectivity index (χ2n) is 3.55. The summed E-state index contributed by atoms with van der Waals surface area (Å²) in [6.07, 6.45) is 0. The van der Waals surface area contributed by atoms with Gasteiger partial charge in [0.15, 0.2) is 4.34 Å². The summed E-state index contributed by atoms with van der Waals surface area (Å²) in [5, 5.41) is 2.20. The van der Waals surface area contributed by atoms with Gasteiger partial charge in [0.05, 0.1) is 5.25 Å². The van der Waals surface area contributed by atoms with Crippen LogP contribution >= 0.6 is 23.1 Å². The van der Waals surface area contributed by atoms with Gasteiger partial charge in [-0.1, -0.05) is 11.8 Å². The SMILES string of the molecule is Cc1csc(SC(CN)c2ccc(C)o2)n1. The fourth-order valence-electron chi connectivity index (χ4n) is 1.36. The number of thioether (sulfide) groups is 1. The highest BCUT2D eigenvalue weighted by Crippen LogP contribution is 2.36. The molecule has 2 aromatic rings. The van der Waals surface area contributed by atoms with Gasteiger partial charge in [-0.05, 0) is 26.0 Å². The highest BCUT2D eigenvalue weighted by molar-refractivity contribution is 8.01. The Morgan fingerprint density at radius 2 is 2.31 bits per heavy atom. The van der Waals surface area contributed by atoms with Crippen LogP contribution < -0.4 is 5.73 Å². The number of rotatable bonds is 4. The van der Waals surface area contributed by atoms with Crippen LogP contribution in [0.5, 0.6) is 0 Å². The first kappa shape index (κ1) is 11.7. The fourth-order valence-corrected chi connectivity index (χ4v) is 3.37. The van der Waals surface area contributed by atoms with Crippen LogP contribution in [0, 0.1) is 13.8 Å². The van der Waals surface area contributed by atoms with Gasteiger partial charge < -0.3 is 10.2 Å². The predicted octanol–water partition coefficient (Wildman–Crippen LogP) is 3.15. The molecule has 5 heteroatoms. The van der Waals surface area contributed by atoms with Crippen molar-refractivity contribution in [2.75, 3.05) is 6.54 Å². The Morgan fingerprint density at radius 1 is 1.50 bits per heavy atom. The summed E-state index contributed by atoms with van der Waals surface area (Å²) in [5.74, 6) is 1.85. The van der Waals surface area contributed by atoms with E-state index in [1.807, 2.05) is 31.4 Å². The lowest BCUT2D eigenvalue weighted by molar-refractivity contribution is 0.481. The molecular weight excluding hydrogens is 240 g/mol. The highest BCUT2D eigenvalue weighted by atomic mass is 32.2.